The van der Waals surface area contributed by atoms with Crippen molar-refractivity contribution in [3.63, 3.8) is 0 Å². The highest BCUT2D eigenvalue weighted by molar-refractivity contribution is 6.12. The standard InChI is InChI=1S/C37H48N4O2/c1-5-8-13-26(11-6-2)27-15-17-31(34(23-27)38-28-19-21-43-22-20-28)37(42)41-36-30-18-16-29(24-35(30)40-32(36)7-3)39-33-14-10-9-12-25(33)4/h9-10,12,14-18,23-24,26,28,38-40H,5-8,11,13,19-22H2,1-4H3,(H,41,42). The number of hydrogen-bond donors (Lipinski definition) is 4. The molecule has 0 saturated carbocycles. The summed E-state index contributed by atoms with van der Waals surface area (Å²) >= 11 is 0. The lowest BCUT2D eigenvalue weighted by Crippen LogP contribution is -2.29. The monoisotopic (exact) mass is 580 g/mol. The molecule has 1 amide bonds. The minimum Gasteiger partial charge on any atom is -0.381 e. The molecule has 1 atom stereocenters. The molecule has 0 aliphatic carbocycles. The molecule has 0 bridgehead atoms. The molecule has 6 heteroatoms. The summed E-state index contributed by atoms with van der Waals surface area (Å²) in [5.74, 6) is 0.430. The van der Waals surface area contributed by atoms with Crippen LogP contribution >= 0.6 is 0 Å². The lowest BCUT2D eigenvalue weighted by molar-refractivity contribution is 0.0904. The molecule has 228 valence electrons. The van der Waals surface area contributed by atoms with Gasteiger partial charge in [-0.3, -0.25) is 4.79 Å². The van der Waals surface area contributed by atoms with Gasteiger partial charge in [-0.25, -0.2) is 0 Å². The molecule has 0 radical (unpaired) electrons. The Morgan fingerprint density at radius 3 is 2.51 bits per heavy atom. The van der Waals surface area contributed by atoms with Crippen LogP contribution < -0.4 is 16.0 Å². The Labute approximate surface area is 257 Å². The van der Waals surface area contributed by atoms with Crippen LogP contribution in [0.1, 0.15) is 98.8 Å². The number of nitrogens with one attached hydrogen (secondary N) is 4. The predicted octanol–water partition coefficient (Wildman–Crippen LogP) is 9.70. The van der Waals surface area contributed by atoms with Crippen molar-refractivity contribution in [3.8, 4) is 0 Å². The van der Waals surface area contributed by atoms with E-state index in [-0.39, 0.29) is 5.91 Å². The van der Waals surface area contributed by atoms with Crippen LogP contribution in [0, 0.1) is 6.92 Å². The highest BCUT2D eigenvalue weighted by atomic mass is 16.5. The number of anilines is 4. The molecule has 2 heterocycles. The summed E-state index contributed by atoms with van der Waals surface area (Å²) in [7, 11) is 0. The van der Waals surface area contributed by atoms with E-state index in [0.29, 0.717) is 17.5 Å². The first-order chi connectivity index (χ1) is 21.0. The van der Waals surface area contributed by atoms with Gasteiger partial charge in [0, 0.05) is 52.9 Å². The maximum absolute atomic E-state index is 14.0. The SMILES string of the molecule is CCCCC(CCC)c1ccc(C(=O)Nc2c(CC)[nH]c3cc(Nc4ccccc4C)ccc23)c(NC2CCOCC2)c1. The van der Waals surface area contributed by atoms with Crippen LogP contribution in [0.25, 0.3) is 10.9 Å². The van der Waals surface area contributed by atoms with Crippen LogP contribution in [0.2, 0.25) is 0 Å². The highest BCUT2D eigenvalue weighted by Crippen LogP contribution is 2.34. The average molecular weight is 581 g/mol. The van der Waals surface area contributed by atoms with Crippen molar-refractivity contribution in [3.05, 3.63) is 83.0 Å². The molecule has 1 saturated heterocycles. The zero-order valence-electron chi connectivity index (χ0n) is 26.3. The van der Waals surface area contributed by atoms with Crippen molar-refractivity contribution in [1.29, 1.82) is 0 Å². The second kappa shape index (κ2) is 14.6. The number of aromatic nitrogens is 1. The summed E-state index contributed by atoms with van der Waals surface area (Å²) in [5.41, 5.74) is 9.12. The van der Waals surface area contributed by atoms with Gasteiger partial charge in [-0.05, 0) is 92.5 Å². The number of rotatable bonds is 13. The molecule has 4 aromatic rings. The largest absolute Gasteiger partial charge is 0.381 e. The lowest BCUT2D eigenvalue weighted by atomic mass is 9.88. The molecule has 1 aliphatic heterocycles. The molecule has 4 N–H and O–H groups in total. The Morgan fingerprint density at radius 2 is 1.77 bits per heavy atom. The fraction of sp³-hybridized carbons (Fsp3) is 0.432. The number of unbranched alkanes of at least 4 members (excludes halogenated alkanes) is 1. The van der Waals surface area contributed by atoms with Gasteiger partial charge in [-0.1, -0.05) is 64.3 Å². The van der Waals surface area contributed by atoms with E-state index in [2.05, 4.69) is 91.1 Å². The molecule has 43 heavy (non-hydrogen) atoms. The second-order valence-electron chi connectivity index (χ2n) is 12.0. The fourth-order valence-electron chi connectivity index (χ4n) is 6.26. The van der Waals surface area contributed by atoms with Gasteiger partial charge >= 0.3 is 0 Å². The summed E-state index contributed by atoms with van der Waals surface area (Å²) in [6, 6.07) is 21.3. The van der Waals surface area contributed by atoms with Crippen molar-refractivity contribution in [2.75, 3.05) is 29.2 Å². The molecule has 0 spiro atoms. The van der Waals surface area contributed by atoms with E-state index in [0.717, 1.165) is 84.7 Å². The van der Waals surface area contributed by atoms with E-state index >= 15 is 0 Å². The quantitative estimate of drug-likeness (QED) is 0.127. The summed E-state index contributed by atoms with van der Waals surface area (Å²) in [6.45, 7) is 10.2. The third-order valence-corrected chi connectivity index (χ3v) is 8.78. The van der Waals surface area contributed by atoms with E-state index in [4.69, 9.17) is 4.74 Å². The number of aryl methyl sites for hydroxylation is 2. The number of carbonyl (C=O) groups is 1. The van der Waals surface area contributed by atoms with Crippen molar-refractivity contribution in [1.82, 2.24) is 4.98 Å². The number of para-hydroxylation sites is 1. The fourth-order valence-corrected chi connectivity index (χ4v) is 6.26. The number of benzene rings is 3. The molecule has 1 fully saturated rings. The van der Waals surface area contributed by atoms with E-state index in [9.17, 15) is 4.79 Å². The second-order valence-corrected chi connectivity index (χ2v) is 12.0. The molecular formula is C37H48N4O2. The smallest absolute Gasteiger partial charge is 0.257 e. The Balaban J connectivity index is 1.44. The Bertz CT molecular complexity index is 1520. The van der Waals surface area contributed by atoms with Gasteiger partial charge in [-0.15, -0.1) is 0 Å². The first-order valence-corrected chi connectivity index (χ1v) is 16.3. The number of aromatic amines is 1. The Morgan fingerprint density at radius 1 is 0.953 bits per heavy atom. The summed E-state index contributed by atoms with van der Waals surface area (Å²) in [5, 5.41) is 11.6. The van der Waals surface area contributed by atoms with E-state index in [1.54, 1.807) is 0 Å². The van der Waals surface area contributed by atoms with Gasteiger partial charge in [0.05, 0.1) is 11.3 Å². The summed E-state index contributed by atoms with van der Waals surface area (Å²) in [4.78, 5) is 17.6. The Hall–Kier alpha value is -3.77. The number of ether oxygens (including phenoxy) is 1. The average Bonchev–Trinajstić information content (AvgIpc) is 3.37. The van der Waals surface area contributed by atoms with Crippen molar-refractivity contribution >= 4 is 39.6 Å². The first-order valence-electron chi connectivity index (χ1n) is 16.3. The minimum atomic E-state index is -0.0839. The van der Waals surface area contributed by atoms with Crippen LogP contribution in [0.4, 0.5) is 22.7 Å². The van der Waals surface area contributed by atoms with Crippen LogP contribution in [0.3, 0.4) is 0 Å². The number of hydrogen-bond acceptors (Lipinski definition) is 4. The predicted molar refractivity (Wildman–Crippen MR) is 181 cm³/mol. The van der Waals surface area contributed by atoms with Crippen LogP contribution in [-0.4, -0.2) is 30.1 Å². The zero-order chi connectivity index (χ0) is 30.2. The van der Waals surface area contributed by atoms with Crippen LogP contribution in [0.5, 0.6) is 0 Å². The maximum Gasteiger partial charge on any atom is 0.257 e. The highest BCUT2D eigenvalue weighted by Gasteiger charge is 2.22. The van der Waals surface area contributed by atoms with Crippen LogP contribution in [-0.2, 0) is 11.2 Å². The number of carbonyl (C=O) groups excluding carboxylic acids is 1. The van der Waals surface area contributed by atoms with Crippen molar-refractivity contribution in [2.24, 2.45) is 0 Å². The normalized spacial score (nSPS) is 14.5. The maximum atomic E-state index is 14.0. The van der Waals surface area contributed by atoms with Crippen molar-refractivity contribution in [2.45, 2.75) is 91.0 Å². The molecule has 3 aromatic carbocycles. The molecule has 1 unspecified atom stereocenters. The van der Waals surface area contributed by atoms with Gasteiger partial charge in [0.2, 0.25) is 0 Å². The number of fused-ring (bicyclic) bond motifs is 1. The van der Waals surface area contributed by atoms with Gasteiger partial charge in [0.15, 0.2) is 0 Å². The van der Waals surface area contributed by atoms with E-state index < -0.39 is 0 Å². The molecule has 1 aliphatic rings. The third kappa shape index (κ3) is 7.42. The molecule has 5 rings (SSSR count). The van der Waals surface area contributed by atoms with Crippen molar-refractivity contribution < 1.29 is 9.53 Å². The third-order valence-electron chi connectivity index (χ3n) is 8.78. The minimum absolute atomic E-state index is 0.0839. The Kier molecular flexibility index (Phi) is 10.4. The van der Waals surface area contributed by atoms with E-state index in [1.807, 2.05) is 18.2 Å². The molecular weight excluding hydrogens is 532 g/mol. The topological polar surface area (TPSA) is 78.2 Å². The van der Waals surface area contributed by atoms with E-state index in [1.165, 1.54) is 30.4 Å². The lowest BCUT2D eigenvalue weighted by Gasteiger charge is -2.26. The molecule has 1 aromatic heterocycles. The first kappa shape index (κ1) is 30.7. The number of H-pyrrole nitrogens is 1. The van der Waals surface area contributed by atoms with Gasteiger partial charge in [0.1, 0.15) is 0 Å². The number of amides is 1. The zero-order valence-corrected chi connectivity index (χ0v) is 26.3. The van der Waals surface area contributed by atoms with Gasteiger partial charge in [0.25, 0.3) is 5.91 Å². The summed E-state index contributed by atoms with van der Waals surface area (Å²) in [6.07, 6.45) is 8.59. The molecule has 6 nitrogen and oxygen atoms in total. The van der Waals surface area contributed by atoms with Gasteiger partial charge in [-0.2, -0.15) is 0 Å². The summed E-state index contributed by atoms with van der Waals surface area (Å²) < 4.78 is 5.61. The van der Waals surface area contributed by atoms with Gasteiger partial charge < -0.3 is 25.7 Å². The van der Waals surface area contributed by atoms with Crippen LogP contribution in [0.15, 0.2) is 60.7 Å².